The van der Waals surface area contributed by atoms with Crippen molar-refractivity contribution in [2.45, 2.75) is 18.9 Å². The van der Waals surface area contributed by atoms with Gasteiger partial charge in [-0.15, -0.1) is 0 Å². The van der Waals surface area contributed by atoms with Crippen molar-refractivity contribution in [1.29, 1.82) is 0 Å². The zero-order valence-corrected chi connectivity index (χ0v) is 19.2. The van der Waals surface area contributed by atoms with Crippen LogP contribution in [0.5, 0.6) is 0 Å². The fraction of sp³-hybridized carbons (Fsp3) is 0.200. The summed E-state index contributed by atoms with van der Waals surface area (Å²) in [7, 11) is 0. The molecule has 0 atom stereocenters. The monoisotopic (exact) mass is 469 g/mol. The van der Waals surface area contributed by atoms with E-state index >= 15 is 0 Å². The first-order valence-electron chi connectivity index (χ1n) is 11.5. The molecule has 0 radical (unpaired) electrons. The number of fused-ring (bicyclic) bond motifs is 1. The van der Waals surface area contributed by atoms with E-state index in [1.807, 2.05) is 35.1 Å². The molecule has 35 heavy (non-hydrogen) atoms. The Bertz CT molecular complexity index is 1360. The lowest BCUT2D eigenvalue weighted by molar-refractivity contribution is 0.102. The minimum Gasteiger partial charge on any atom is -0.396 e. The maximum Gasteiger partial charge on any atom is 0.255 e. The molecule has 0 bridgehead atoms. The molecule has 2 aromatic carbocycles. The van der Waals surface area contributed by atoms with Gasteiger partial charge < -0.3 is 16.4 Å². The van der Waals surface area contributed by atoms with Crippen LogP contribution >= 0.6 is 0 Å². The molecule has 0 unspecified atom stereocenters. The molecule has 5 rings (SSSR count). The second-order valence-electron chi connectivity index (χ2n) is 8.38. The first-order valence-corrected chi connectivity index (χ1v) is 11.5. The van der Waals surface area contributed by atoms with Crippen LogP contribution in [0.3, 0.4) is 0 Å². The van der Waals surface area contributed by atoms with Crippen LogP contribution in [0.15, 0.2) is 72.2 Å². The average Bonchev–Trinajstić information content (AvgIpc) is 3.55. The molecule has 3 heterocycles. The van der Waals surface area contributed by atoms with Crippen LogP contribution in [0, 0.1) is 0 Å². The van der Waals surface area contributed by atoms with Gasteiger partial charge in [0.15, 0.2) is 0 Å². The Labute approximate surface area is 202 Å². The van der Waals surface area contributed by atoms with Crippen LogP contribution < -0.4 is 21.4 Å². The van der Waals surface area contributed by atoms with E-state index in [1.54, 1.807) is 41.7 Å². The van der Waals surface area contributed by atoms with Crippen LogP contribution in [-0.2, 0) is 0 Å². The highest BCUT2D eigenvalue weighted by molar-refractivity contribution is 6.04. The molecule has 0 saturated carbocycles. The Morgan fingerprint density at radius 1 is 1.20 bits per heavy atom. The van der Waals surface area contributed by atoms with Crippen molar-refractivity contribution in [2.75, 3.05) is 23.4 Å². The Kier molecular flexibility index (Phi) is 6.27. The predicted octanol–water partition coefficient (Wildman–Crippen LogP) is 3.32. The van der Waals surface area contributed by atoms with Gasteiger partial charge in [0, 0.05) is 23.9 Å². The van der Waals surface area contributed by atoms with Gasteiger partial charge >= 0.3 is 0 Å². The third-order valence-corrected chi connectivity index (χ3v) is 6.09. The van der Waals surface area contributed by atoms with Crippen LogP contribution in [0.2, 0.25) is 0 Å². The first kappa shape index (κ1) is 22.4. The zero-order chi connectivity index (χ0) is 24.2. The average molecular weight is 470 g/mol. The van der Waals surface area contributed by atoms with Crippen molar-refractivity contribution in [1.82, 2.24) is 25.3 Å². The van der Waals surface area contributed by atoms with Crippen LogP contribution in [-0.4, -0.2) is 45.7 Å². The molecule has 1 fully saturated rings. The molecule has 10 heteroatoms. The van der Waals surface area contributed by atoms with Crippen LogP contribution in [0.1, 0.15) is 34.9 Å². The van der Waals surface area contributed by atoms with Crippen molar-refractivity contribution in [3.05, 3.63) is 78.4 Å². The minimum atomic E-state index is -0.211. The lowest BCUT2D eigenvalue weighted by atomic mass is 10.1. The molecule has 1 aliphatic heterocycles. The lowest BCUT2D eigenvalue weighted by Gasteiger charge is -2.22. The Morgan fingerprint density at radius 3 is 2.74 bits per heavy atom. The smallest absolute Gasteiger partial charge is 0.255 e. The Morgan fingerprint density at radius 2 is 1.97 bits per heavy atom. The summed E-state index contributed by atoms with van der Waals surface area (Å²) in [6.07, 6.45) is 7.28. The third kappa shape index (κ3) is 4.78. The minimum absolute atomic E-state index is 0.211. The highest BCUT2D eigenvalue weighted by Gasteiger charge is 2.17. The molecular weight excluding hydrogens is 442 g/mol. The van der Waals surface area contributed by atoms with Gasteiger partial charge in [-0.05, 0) is 56.3 Å². The highest BCUT2D eigenvalue weighted by Crippen LogP contribution is 2.23. The van der Waals surface area contributed by atoms with Crippen molar-refractivity contribution in [3.63, 3.8) is 0 Å². The van der Waals surface area contributed by atoms with Gasteiger partial charge in [0.1, 0.15) is 5.69 Å². The number of piperidine rings is 1. The van der Waals surface area contributed by atoms with Gasteiger partial charge in [-0.25, -0.2) is 5.01 Å². The quantitative estimate of drug-likeness (QED) is 0.243. The molecule has 5 N–H and O–H groups in total. The maximum absolute atomic E-state index is 12.8. The second-order valence-corrected chi connectivity index (χ2v) is 8.38. The summed E-state index contributed by atoms with van der Waals surface area (Å²) < 4.78 is 1.94. The number of nitrogens with two attached hydrogens (primary N) is 1. The second kappa shape index (κ2) is 9.82. The molecule has 1 saturated heterocycles. The number of H-pyrrole nitrogens is 1. The molecule has 1 aliphatic rings. The third-order valence-electron chi connectivity index (χ3n) is 6.09. The van der Waals surface area contributed by atoms with E-state index < -0.39 is 0 Å². The number of hydrogen-bond acceptors (Lipinski definition) is 7. The number of aromatic nitrogens is 4. The number of carbonyl (C=O) groups excluding carboxylic acids is 1. The molecule has 2 aromatic heterocycles. The summed E-state index contributed by atoms with van der Waals surface area (Å²) in [5.41, 5.74) is 10.2. The predicted molar refractivity (Wildman–Crippen MR) is 138 cm³/mol. The summed E-state index contributed by atoms with van der Waals surface area (Å²) in [6.45, 7) is 5.60. The number of hydrazone groups is 1. The van der Waals surface area contributed by atoms with Gasteiger partial charge in [0.05, 0.1) is 41.0 Å². The van der Waals surface area contributed by atoms with E-state index in [4.69, 9.17) is 5.73 Å². The molecule has 0 spiro atoms. The molecule has 10 nitrogen and oxygen atoms in total. The van der Waals surface area contributed by atoms with Gasteiger partial charge in [0.25, 0.3) is 5.91 Å². The fourth-order valence-corrected chi connectivity index (χ4v) is 4.22. The number of rotatable bonds is 7. The first-order chi connectivity index (χ1) is 17.1. The number of nitrogens with one attached hydrogen (secondary N) is 3. The van der Waals surface area contributed by atoms with E-state index in [9.17, 15) is 4.79 Å². The number of amides is 1. The van der Waals surface area contributed by atoms with Crippen molar-refractivity contribution < 1.29 is 4.79 Å². The number of para-hydroxylation sites is 1. The molecule has 4 aromatic rings. The summed E-state index contributed by atoms with van der Waals surface area (Å²) >= 11 is 0. The van der Waals surface area contributed by atoms with E-state index in [0.717, 1.165) is 36.8 Å². The van der Waals surface area contributed by atoms with Gasteiger partial charge in [0.2, 0.25) is 0 Å². The topological polar surface area (TPSA) is 129 Å². The van der Waals surface area contributed by atoms with E-state index in [-0.39, 0.29) is 5.91 Å². The number of hydrogen-bond donors (Lipinski definition) is 4. The van der Waals surface area contributed by atoms with E-state index in [0.29, 0.717) is 34.4 Å². The summed E-state index contributed by atoms with van der Waals surface area (Å²) in [6, 6.07) is 15.1. The summed E-state index contributed by atoms with van der Waals surface area (Å²) in [4.78, 5) is 12.8. The highest BCUT2D eigenvalue weighted by atomic mass is 16.1. The van der Waals surface area contributed by atoms with Crippen LogP contribution in [0.25, 0.3) is 16.6 Å². The van der Waals surface area contributed by atoms with Crippen molar-refractivity contribution in [3.8, 4) is 0 Å². The summed E-state index contributed by atoms with van der Waals surface area (Å²) in [5.74, 6) is -0.211. The van der Waals surface area contributed by atoms with Crippen LogP contribution in [0.4, 0.5) is 11.4 Å². The molecule has 0 aliphatic carbocycles. The fourth-order valence-electron chi connectivity index (χ4n) is 4.22. The zero-order valence-electron chi connectivity index (χ0n) is 19.2. The van der Waals surface area contributed by atoms with Gasteiger partial charge in [-0.3, -0.25) is 14.6 Å². The molecular formula is C25H27N9O. The standard InChI is InChI=1S/C25H27N9O/c1-27-33(16-22(26)24-21-4-2-3-5-23(21)31-32-24)19-8-6-17(7-9-19)25(35)30-18-14-29-34(15-18)20-10-12-28-13-11-20/h2-9,14-16,20,28H,1,10-13,26H2,(H,30,35)(H,31,32)/b22-16-. The number of anilines is 2. The number of carbonyl (C=O) groups is 1. The lowest BCUT2D eigenvalue weighted by Crippen LogP contribution is -2.29. The maximum atomic E-state index is 12.8. The number of nitrogens with zero attached hydrogens (tertiary/aromatic N) is 5. The van der Waals surface area contributed by atoms with Crippen molar-refractivity contribution in [2.24, 2.45) is 10.8 Å². The Hall–Kier alpha value is -4.44. The van der Waals surface area contributed by atoms with E-state index in [1.165, 1.54) is 0 Å². The SMILES string of the molecule is C=NN(/C=C(\N)c1n[nH]c2ccccc12)c1ccc(C(=O)Nc2cnn(C3CCNCC3)c2)cc1. The molecule has 178 valence electrons. The van der Waals surface area contributed by atoms with Gasteiger partial charge in [-0.2, -0.15) is 15.3 Å². The largest absolute Gasteiger partial charge is 0.396 e. The Balaban J connectivity index is 1.27. The number of benzene rings is 2. The van der Waals surface area contributed by atoms with E-state index in [2.05, 4.69) is 37.7 Å². The normalized spacial score (nSPS) is 14.7. The van der Waals surface area contributed by atoms with Crippen molar-refractivity contribution >= 4 is 40.6 Å². The summed E-state index contributed by atoms with van der Waals surface area (Å²) in [5, 5.41) is 24.5. The molecule has 1 amide bonds. The van der Waals surface area contributed by atoms with Gasteiger partial charge in [-0.1, -0.05) is 18.2 Å². The number of aromatic amines is 1.